The van der Waals surface area contributed by atoms with Crippen LogP contribution in [0.1, 0.15) is 34.1 Å². The molecule has 1 nitrogen and oxygen atoms in total. The molecule has 0 radical (unpaired) electrons. The Hall–Kier alpha value is -1.89. The fourth-order valence-electron chi connectivity index (χ4n) is 1.22. The van der Waals surface area contributed by atoms with Gasteiger partial charge < -0.3 is 0 Å². The number of rotatable bonds is 7. The highest BCUT2D eigenvalue weighted by molar-refractivity contribution is 6.11. The van der Waals surface area contributed by atoms with Crippen molar-refractivity contribution in [3.8, 4) is 0 Å². The summed E-state index contributed by atoms with van der Waals surface area (Å²) in [6.45, 7) is 15.1. The van der Waals surface area contributed by atoms with E-state index in [1.807, 2.05) is 39.8 Å². The van der Waals surface area contributed by atoms with Crippen molar-refractivity contribution in [1.82, 2.24) is 0 Å². The summed E-state index contributed by atoms with van der Waals surface area (Å²) in [5, 5.41) is 0. The summed E-state index contributed by atoms with van der Waals surface area (Å²) in [5.41, 5.74) is 1.29. The van der Waals surface area contributed by atoms with Gasteiger partial charge in [-0.05, 0) is 13.3 Å². The van der Waals surface area contributed by atoms with E-state index in [0.29, 0.717) is 11.1 Å². The zero-order chi connectivity index (χ0) is 15.1. The molecule has 0 amide bonds. The predicted octanol–water partition coefficient (Wildman–Crippen LogP) is 5.35. The lowest BCUT2D eigenvalue weighted by molar-refractivity contribution is -0.111. The first kappa shape index (κ1) is 19.4. The Bertz CT molecular complexity index is 390. The van der Waals surface area contributed by atoms with E-state index in [1.54, 1.807) is 36.5 Å². The van der Waals surface area contributed by atoms with Crippen molar-refractivity contribution in [2.45, 2.75) is 34.1 Å². The van der Waals surface area contributed by atoms with E-state index in [4.69, 9.17) is 0 Å². The highest BCUT2D eigenvalue weighted by Crippen LogP contribution is 2.10. The summed E-state index contributed by atoms with van der Waals surface area (Å²) in [4.78, 5) is 12.2. The molecule has 0 unspecified atom stereocenters. The molecule has 0 aliphatic carbocycles. The van der Waals surface area contributed by atoms with Crippen LogP contribution in [-0.2, 0) is 4.79 Å². The molecule has 0 bridgehead atoms. The van der Waals surface area contributed by atoms with Gasteiger partial charge in [-0.15, -0.1) is 0 Å². The van der Waals surface area contributed by atoms with Gasteiger partial charge in [0.05, 0.1) is 0 Å². The second-order valence-electron chi connectivity index (χ2n) is 3.34. The third-order valence-corrected chi connectivity index (χ3v) is 2.08. The fraction of sp³-hybridized carbons (Fsp3) is 0.278. The highest BCUT2D eigenvalue weighted by Gasteiger charge is 2.08. The Balaban J connectivity index is 0. The van der Waals surface area contributed by atoms with E-state index in [9.17, 15) is 4.79 Å². The van der Waals surface area contributed by atoms with E-state index >= 15 is 0 Å². The van der Waals surface area contributed by atoms with Crippen LogP contribution < -0.4 is 0 Å². The molecule has 0 aromatic carbocycles. The number of Topliss-reactive ketones (excluding diaryl/α,β-unsaturated/α-hetero) is 1. The summed E-state index contributed by atoms with van der Waals surface area (Å²) in [6, 6.07) is 0. The summed E-state index contributed by atoms with van der Waals surface area (Å²) < 4.78 is 0. The second kappa shape index (κ2) is 14.2. The second-order valence-corrected chi connectivity index (χ2v) is 3.34. The summed E-state index contributed by atoms with van der Waals surface area (Å²) in [6.07, 6.45) is 15.0. The molecule has 0 fully saturated rings. The van der Waals surface area contributed by atoms with E-state index in [-0.39, 0.29) is 5.78 Å². The predicted molar refractivity (Wildman–Crippen MR) is 87.2 cm³/mol. The maximum absolute atomic E-state index is 12.2. The zero-order valence-corrected chi connectivity index (χ0v) is 12.6. The van der Waals surface area contributed by atoms with Crippen LogP contribution in [0, 0.1) is 0 Å². The molecule has 1 heteroatoms. The van der Waals surface area contributed by atoms with E-state index in [1.165, 1.54) is 0 Å². The van der Waals surface area contributed by atoms with Crippen LogP contribution >= 0.6 is 0 Å². The molecule has 0 atom stereocenters. The number of ketones is 1. The van der Waals surface area contributed by atoms with Gasteiger partial charge in [0.15, 0.2) is 5.78 Å². The number of allylic oxidation sites excluding steroid dienone is 10. The number of hydrogen-bond acceptors (Lipinski definition) is 1. The third kappa shape index (κ3) is 8.78. The van der Waals surface area contributed by atoms with E-state index < -0.39 is 0 Å². The molecule has 0 N–H and O–H groups in total. The van der Waals surface area contributed by atoms with Gasteiger partial charge in [0.2, 0.25) is 0 Å². The monoisotopic (exact) mass is 258 g/mol. The first-order valence-corrected chi connectivity index (χ1v) is 6.70. The molecular formula is C18H26O. The molecule has 0 heterocycles. The Labute approximate surface area is 118 Å². The molecular weight excluding hydrogens is 232 g/mol. The Morgan fingerprint density at radius 2 is 1.68 bits per heavy atom. The van der Waals surface area contributed by atoms with Gasteiger partial charge in [0.25, 0.3) is 0 Å². The maximum Gasteiger partial charge on any atom is 0.192 e. The zero-order valence-electron chi connectivity index (χ0n) is 12.6. The first-order chi connectivity index (χ1) is 9.21. The number of carbonyl (C=O) groups is 1. The SMILES string of the molecule is C=C/C=C\C(=C/C)C(=O)C(/C=C\CC)=C/C=C.CC. The molecule has 0 saturated heterocycles. The Kier molecular flexibility index (Phi) is 14.5. The van der Waals surface area contributed by atoms with Crippen LogP contribution in [0.15, 0.2) is 72.9 Å². The molecule has 0 aliphatic rings. The van der Waals surface area contributed by atoms with E-state index in [2.05, 4.69) is 13.2 Å². The largest absolute Gasteiger partial charge is 0.289 e. The molecule has 0 aromatic heterocycles. The van der Waals surface area contributed by atoms with Gasteiger partial charge >= 0.3 is 0 Å². The summed E-state index contributed by atoms with van der Waals surface area (Å²) >= 11 is 0. The third-order valence-electron chi connectivity index (χ3n) is 2.08. The standard InChI is InChI=1S/C16H20O.C2H6/c1-5-9-12-14(8-4)16(17)15(11-7-3)13-10-6-2;1-2/h5,7-13H,1,3,6H2,2,4H3;1-2H3/b12-9-,13-10-,14-8+,15-11+;. The van der Waals surface area contributed by atoms with Gasteiger partial charge in [-0.1, -0.05) is 82.5 Å². The first-order valence-electron chi connectivity index (χ1n) is 6.70. The highest BCUT2D eigenvalue weighted by atomic mass is 16.1. The lowest BCUT2D eigenvalue weighted by Gasteiger charge is -2.01. The lowest BCUT2D eigenvalue weighted by atomic mass is 10.0. The molecule has 0 rings (SSSR count). The topological polar surface area (TPSA) is 17.1 Å². The van der Waals surface area contributed by atoms with Crippen molar-refractivity contribution < 1.29 is 4.79 Å². The number of carbonyl (C=O) groups excluding carboxylic acids is 1. The van der Waals surface area contributed by atoms with Crippen LogP contribution in [-0.4, -0.2) is 5.78 Å². The minimum absolute atomic E-state index is 0.00444. The van der Waals surface area contributed by atoms with Gasteiger partial charge in [-0.2, -0.15) is 0 Å². The van der Waals surface area contributed by atoms with Crippen LogP contribution in [0.5, 0.6) is 0 Å². The minimum atomic E-state index is -0.00444. The quantitative estimate of drug-likeness (QED) is 0.444. The molecule has 19 heavy (non-hydrogen) atoms. The molecule has 0 saturated carbocycles. The van der Waals surface area contributed by atoms with Crippen molar-refractivity contribution in [3.05, 3.63) is 72.9 Å². The van der Waals surface area contributed by atoms with Gasteiger partial charge in [-0.3, -0.25) is 4.79 Å². The van der Waals surface area contributed by atoms with Crippen molar-refractivity contribution in [1.29, 1.82) is 0 Å². The van der Waals surface area contributed by atoms with Gasteiger partial charge in [0, 0.05) is 11.1 Å². The Morgan fingerprint density at radius 1 is 1.05 bits per heavy atom. The average Bonchev–Trinajstić information content (AvgIpc) is 2.46. The minimum Gasteiger partial charge on any atom is -0.289 e. The number of hydrogen-bond donors (Lipinski definition) is 0. The Morgan fingerprint density at radius 3 is 2.11 bits per heavy atom. The summed E-state index contributed by atoms with van der Waals surface area (Å²) in [7, 11) is 0. The van der Waals surface area contributed by atoms with E-state index in [0.717, 1.165) is 6.42 Å². The lowest BCUT2D eigenvalue weighted by Crippen LogP contribution is -2.02. The molecule has 104 valence electrons. The van der Waals surface area contributed by atoms with Crippen LogP contribution in [0.25, 0.3) is 0 Å². The smallest absolute Gasteiger partial charge is 0.192 e. The molecule has 0 aliphatic heterocycles. The molecule has 0 aromatic rings. The normalized spacial score (nSPS) is 12.2. The van der Waals surface area contributed by atoms with Crippen LogP contribution in [0.4, 0.5) is 0 Å². The van der Waals surface area contributed by atoms with Gasteiger partial charge in [0.1, 0.15) is 0 Å². The van der Waals surface area contributed by atoms with Gasteiger partial charge in [-0.25, -0.2) is 0 Å². The maximum atomic E-state index is 12.2. The van der Waals surface area contributed by atoms with Crippen molar-refractivity contribution >= 4 is 5.78 Å². The average molecular weight is 258 g/mol. The van der Waals surface area contributed by atoms with Crippen molar-refractivity contribution in [2.75, 3.05) is 0 Å². The van der Waals surface area contributed by atoms with Crippen LogP contribution in [0.2, 0.25) is 0 Å². The molecule has 0 spiro atoms. The summed E-state index contributed by atoms with van der Waals surface area (Å²) in [5.74, 6) is -0.00444. The van der Waals surface area contributed by atoms with Crippen LogP contribution in [0.3, 0.4) is 0 Å². The van der Waals surface area contributed by atoms with Crippen molar-refractivity contribution in [2.24, 2.45) is 0 Å². The van der Waals surface area contributed by atoms with Crippen molar-refractivity contribution in [3.63, 3.8) is 0 Å². The fourth-order valence-corrected chi connectivity index (χ4v) is 1.22.